The number of fused-ring (bicyclic) bond motifs is 2. The summed E-state index contributed by atoms with van der Waals surface area (Å²) in [6.45, 7) is 1.16. The van der Waals surface area contributed by atoms with Crippen LogP contribution < -0.4 is 5.32 Å². The Hall–Kier alpha value is -0.530. The summed E-state index contributed by atoms with van der Waals surface area (Å²) in [5.41, 5.74) is 3.24. The maximum atomic E-state index is 6.06. The average molecular weight is 208 g/mol. The highest BCUT2D eigenvalue weighted by Crippen LogP contribution is 2.42. The minimum atomic E-state index is 0.290. The van der Waals surface area contributed by atoms with E-state index in [4.69, 9.17) is 11.6 Å². The zero-order valence-electron chi connectivity index (χ0n) is 8.15. The van der Waals surface area contributed by atoms with Gasteiger partial charge >= 0.3 is 0 Å². The normalized spacial score (nSPS) is 29.8. The Morgan fingerprint density at radius 2 is 2.14 bits per heavy atom. The van der Waals surface area contributed by atoms with Crippen molar-refractivity contribution < 1.29 is 0 Å². The van der Waals surface area contributed by atoms with Crippen LogP contribution in [-0.2, 0) is 12.0 Å². The monoisotopic (exact) mass is 207 g/mol. The maximum absolute atomic E-state index is 6.06. The van der Waals surface area contributed by atoms with Crippen molar-refractivity contribution in [2.45, 2.75) is 31.2 Å². The van der Waals surface area contributed by atoms with Crippen molar-refractivity contribution >= 4 is 11.6 Å². The first-order valence-corrected chi connectivity index (χ1v) is 5.72. The predicted molar refractivity (Wildman–Crippen MR) is 58.7 cm³/mol. The van der Waals surface area contributed by atoms with Crippen molar-refractivity contribution in [1.82, 2.24) is 5.32 Å². The van der Waals surface area contributed by atoms with Gasteiger partial charge in [-0.05, 0) is 55.5 Å². The van der Waals surface area contributed by atoms with Crippen molar-refractivity contribution in [2.24, 2.45) is 0 Å². The molecule has 0 amide bonds. The average Bonchev–Trinajstić information content (AvgIpc) is 2.14. The molecule has 1 spiro atoms. The van der Waals surface area contributed by atoms with Crippen molar-refractivity contribution in [1.29, 1.82) is 0 Å². The third kappa shape index (κ3) is 1.12. The van der Waals surface area contributed by atoms with E-state index < -0.39 is 0 Å². The lowest BCUT2D eigenvalue weighted by Gasteiger charge is -2.47. The SMILES string of the molecule is Clc1ccc2c(c1)[C@]1(CCC2)CCN1. The third-order valence-corrected chi connectivity index (χ3v) is 3.89. The molecule has 0 unspecified atom stereocenters. The Kier molecular flexibility index (Phi) is 1.86. The Balaban J connectivity index is 2.12. The first-order valence-electron chi connectivity index (χ1n) is 5.34. The molecule has 74 valence electrons. The molecule has 2 heteroatoms. The van der Waals surface area contributed by atoms with Crippen LogP contribution in [0.3, 0.4) is 0 Å². The molecule has 0 aromatic heterocycles. The molecule has 0 radical (unpaired) electrons. The van der Waals surface area contributed by atoms with E-state index in [1.54, 1.807) is 0 Å². The lowest BCUT2D eigenvalue weighted by atomic mass is 9.71. The predicted octanol–water partition coefficient (Wildman–Crippen LogP) is 2.86. The molecule has 1 aliphatic heterocycles. The van der Waals surface area contributed by atoms with Gasteiger partial charge in [-0.1, -0.05) is 17.7 Å². The number of aryl methyl sites for hydroxylation is 1. The lowest BCUT2D eigenvalue weighted by Crippen LogP contribution is -2.55. The van der Waals surface area contributed by atoms with E-state index in [2.05, 4.69) is 17.4 Å². The van der Waals surface area contributed by atoms with Crippen molar-refractivity contribution in [2.75, 3.05) is 6.54 Å². The van der Waals surface area contributed by atoms with Gasteiger partial charge in [0.2, 0.25) is 0 Å². The summed E-state index contributed by atoms with van der Waals surface area (Å²) < 4.78 is 0. The summed E-state index contributed by atoms with van der Waals surface area (Å²) in [5.74, 6) is 0. The van der Waals surface area contributed by atoms with Gasteiger partial charge in [-0.15, -0.1) is 0 Å². The molecule has 0 saturated carbocycles. The molecule has 1 aromatic carbocycles. The van der Waals surface area contributed by atoms with Crippen LogP contribution in [0.4, 0.5) is 0 Å². The van der Waals surface area contributed by atoms with Crippen LogP contribution in [0.15, 0.2) is 18.2 Å². The zero-order chi connectivity index (χ0) is 9.60. The van der Waals surface area contributed by atoms with Crippen LogP contribution in [-0.4, -0.2) is 6.54 Å². The Bertz CT molecular complexity index is 369. The molecule has 1 aliphatic carbocycles. The van der Waals surface area contributed by atoms with E-state index in [0.717, 1.165) is 11.6 Å². The fourth-order valence-corrected chi connectivity index (χ4v) is 2.97. The molecular weight excluding hydrogens is 194 g/mol. The highest BCUT2D eigenvalue weighted by atomic mass is 35.5. The number of nitrogens with one attached hydrogen (secondary N) is 1. The van der Waals surface area contributed by atoms with Crippen LogP contribution in [0.1, 0.15) is 30.4 Å². The molecule has 14 heavy (non-hydrogen) atoms. The smallest absolute Gasteiger partial charge is 0.0450 e. The van der Waals surface area contributed by atoms with Crippen LogP contribution in [0.5, 0.6) is 0 Å². The molecule has 1 aromatic rings. The molecule has 0 bridgehead atoms. The lowest BCUT2D eigenvalue weighted by molar-refractivity contribution is 0.178. The summed E-state index contributed by atoms with van der Waals surface area (Å²) in [7, 11) is 0. The standard InChI is InChI=1S/C12H14ClN/c13-10-4-3-9-2-1-5-12(6-7-14-12)11(9)8-10/h3-4,8,14H,1-2,5-7H2/t12-/m0/s1. The van der Waals surface area contributed by atoms with Crippen molar-refractivity contribution in [3.05, 3.63) is 34.3 Å². The topological polar surface area (TPSA) is 12.0 Å². The second-order valence-corrected chi connectivity index (χ2v) is 4.85. The van der Waals surface area contributed by atoms with Gasteiger partial charge in [0, 0.05) is 10.6 Å². The minimum absolute atomic E-state index is 0.290. The molecular formula is C12H14ClN. The maximum Gasteiger partial charge on any atom is 0.0450 e. The summed E-state index contributed by atoms with van der Waals surface area (Å²) in [5, 5.41) is 4.46. The number of rotatable bonds is 0. The van der Waals surface area contributed by atoms with Crippen LogP contribution in [0.25, 0.3) is 0 Å². The molecule has 1 atom stereocenters. The van der Waals surface area contributed by atoms with E-state index in [0.29, 0.717) is 5.54 Å². The van der Waals surface area contributed by atoms with Gasteiger partial charge in [0.25, 0.3) is 0 Å². The van der Waals surface area contributed by atoms with E-state index in [1.165, 1.54) is 36.8 Å². The fourth-order valence-electron chi connectivity index (χ4n) is 2.80. The van der Waals surface area contributed by atoms with Crippen molar-refractivity contribution in [3.63, 3.8) is 0 Å². The Labute approximate surface area is 89.5 Å². The van der Waals surface area contributed by atoms with Gasteiger partial charge in [-0.3, -0.25) is 0 Å². The summed E-state index contributed by atoms with van der Waals surface area (Å²) in [4.78, 5) is 0. The molecule has 2 aliphatic rings. The summed E-state index contributed by atoms with van der Waals surface area (Å²) in [6.07, 6.45) is 5.08. The Morgan fingerprint density at radius 1 is 1.29 bits per heavy atom. The second kappa shape index (κ2) is 2.98. The van der Waals surface area contributed by atoms with E-state index in [1.807, 2.05) is 6.07 Å². The molecule has 3 rings (SSSR count). The third-order valence-electron chi connectivity index (χ3n) is 3.65. The fraction of sp³-hybridized carbons (Fsp3) is 0.500. The van der Waals surface area contributed by atoms with E-state index in [-0.39, 0.29) is 0 Å². The number of benzene rings is 1. The number of hydrogen-bond acceptors (Lipinski definition) is 1. The van der Waals surface area contributed by atoms with Gasteiger partial charge in [-0.2, -0.15) is 0 Å². The van der Waals surface area contributed by atoms with Crippen LogP contribution in [0, 0.1) is 0 Å². The molecule has 1 fully saturated rings. The van der Waals surface area contributed by atoms with Gasteiger partial charge in [-0.25, -0.2) is 0 Å². The van der Waals surface area contributed by atoms with Crippen LogP contribution in [0.2, 0.25) is 5.02 Å². The summed E-state index contributed by atoms with van der Waals surface area (Å²) in [6, 6.07) is 6.36. The van der Waals surface area contributed by atoms with E-state index in [9.17, 15) is 0 Å². The molecule has 1 saturated heterocycles. The molecule has 1 nitrogen and oxygen atoms in total. The van der Waals surface area contributed by atoms with Crippen molar-refractivity contribution in [3.8, 4) is 0 Å². The largest absolute Gasteiger partial charge is 0.307 e. The van der Waals surface area contributed by atoms with E-state index >= 15 is 0 Å². The minimum Gasteiger partial charge on any atom is -0.307 e. The second-order valence-electron chi connectivity index (χ2n) is 4.41. The first kappa shape index (κ1) is 8.75. The van der Waals surface area contributed by atoms with Gasteiger partial charge in [0.1, 0.15) is 0 Å². The Morgan fingerprint density at radius 3 is 2.86 bits per heavy atom. The summed E-state index contributed by atoms with van der Waals surface area (Å²) >= 11 is 6.06. The van der Waals surface area contributed by atoms with Gasteiger partial charge in [0.05, 0.1) is 0 Å². The number of hydrogen-bond donors (Lipinski definition) is 1. The highest BCUT2D eigenvalue weighted by Gasteiger charge is 2.41. The quantitative estimate of drug-likeness (QED) is 0.690. The van der Waals surface area contributed by atoms with Gasteiger partial charge in [0.15, 0.2) is 0 Å². The van der Waals surface area contributed by atoms with Gasteiger partial charge < -0.3 is 5.32 Å². The first-order chi connectivity index (χ1) is 6.80. The number of halogens is 1. The molecule has 1 N–H and O–H groups in total. The zero-order valence-corrected chi connectivity index (χ0v) is 8.90. The highest BCUT2D eigenvalue weighted by molar-refractivity contribution is 6.30. The van der Waals surface area contributed by atoms with Crippen LogP contribution >= 0.6 is 11.6 Å². The molecule has 1 heterocycles.